The largest absolute Gasteiger partial charge is 0.469 e. The van der Waals surface area contributed by atoms with Gasteiger partial charge in [-0.1, -0.05) is 20.8 Å². The average molecular weight is 176 g/mol. The van der Waals surface area contributed by atoms with Crippen LogP contribution in [-0.2, 0) is 9.53 Å². The van der Waals surface area contributed by atoms with Crippen molar-refractivity contribution in [3.8, 4) is 0 Å². The number of carbonyl (C=O) groups excluding carboxylic acids is 1. The van der Waals surface area contributed by atoms with Crippen LogP contribution in [0.2, 0.25) is 0 Å². The van der Waals surface area contributed by atoms with E-state index in [-0.39, 0.29) is 17.3 Å². The molecule has 0 bridgehead atoms. The van der Waals surface area contributed by atoms with Crippen LogP contribution in [0.15, 0.2) is 0 Å². The maximum atomic E-state index is 11.1. The number of ether oxygens (including phenoxy) is 1. The van der Waals surface area contributed by atoms with Crippen molar-refractivity contribution in [3.05, 3.63) is 0 Å². The third-order valence-electron chi connectivity index (χ3n) is 1.71. The smallest absolute Gasteiger partial charge is 0.310 e. The molecule has 0 saturated heterocycles. The normalized spacial score (nSPS) is 14.3. The molecule has 0 heterocycles. The summed E-state index contributed by atoms with van der Waals surface area (Å²) in [6.45, 7) is 6.01. The molecule has 0 spiro atoms. The summed E-state index contributed by atoms with van der Waals surface area (Å²) in [4.78, 5) is 11.1. The van der Waals surface area contributed by atoms with Gasteiger partial charge in [0.15, 0.2) is 0 Å². The number of esters is 1. The van der Waals surface area contributed by atoms with E-state index < -0.39 is 0 Å². The van der Waals surface area contributed by atoms with Gasteiger partial charge in [0.1, 0.15) is 0 Å². The fourth-order valence-corrected chi connectivity index (χ4v) is 1.54. The van der Waals surface area contributed by atoms with Crippen molar-refractivity contribution in [1.82, 2.24) is 0 Å². The fourth-order valence-electron chi connectivity index (χ4n) is 0.844. The van der Waals surface area contributed by atoms with E-state index >= 15 is 0 Å². The summed E-state index contributed by atoms with van der Waals surface area (Å²) in [6, 6.07) is 0. The minimum absolute atomic E-state index is 0.0607. The van der Waals surface area contributed by atoms with Gasteiger partial charge >= 0.3 is 5.97 Å². The van der Waals surface area contributed by atoms with E-state index in [0.29, 0.717) is 5.75 Å². The number of hydrogen-bond donors (Lipinski definition) is 1. The predicted octanol–water partition coefficient (Wildman–Crippen LogP) is 1.75. The molecule has 0 N–H and O–H groups in total. The summed E-state index contributed by atoms with van der Waals surface area (Å²) in [5.41, 5.74) is -0.0607. The Hall–Kier alpha value is -0.180. The predicted molar refractivity (Wildman–Crippen MR) is 48.8 cm³/mol. The van der Waals surface area contributed by atoms with Crippen LogP contribution >= 0.6 is 12.6 Å². The van der Waals surface area contributed by atoms with Gasteiger partial charge in [0, 0.05) is 5.75 Å². The summed E-state index contributed by atoms with van der Waals surface area (Å²) in [5.74, 6) is 0.249. The lowest BCUT2D eigenvalue weighted by Crippen LogP contribution is -2.30. The van der Waals surface area contributed by atoms with Crippen LogP contribution < -0.4 is 0 Å². The third-order valence-corrected chi connectivity index (χ3v) is 2.08. The summed E-state index contributed by atoms with van der Waals surface area (Å²) in [7, 11) is 1.41. The summed E-state index contributed by atoms with van der Waals surface area (Å²) in [6.07, 6.45) is 0. The minimum atomic E-state index is -0.174. The molecule has 0 aliphatic carbocycles. The Morgan fingerprint density at radius 2 is 2.00 bits per heavy atom. The van der Waals surface area contributed by atoms with Crippen molar-refractivity contribution in [3.63, 3.8) is 0 Å². The second-order valence-electron chi connectivity index (χ2n) is 3.62. The summed E-state index contributed by atoms with van der Waals surface area (Å²) < 4.78 is 4.64. The van der Waals surface area contributed by atoms with Crippen LogP contribution in [0.1, 0.15) is 20.8 Å². The highest BCUT2D eigenvalue weighted by Crippen LogP contribution is 2.27. The van der Waals surface area contributed by atoms with Gasteiger partial charge in [-0.25, -0.2) is 0 Å². The van der Waals surface area contributed by atoms with Crippen LogP contribution in [0.5, 0.6) is 0 Å². The zero-order valence-electron chi connectivity index (χ0n) is 7.55. The molecule has 11 heavy (non-hydrogen) atoms. The highest BCUT2D eigenvalue weighted by atomic mass is 32.1. The van der Waals surface area contributed by atoms with Gasteiger partial charge in [0.25, 0.3) is 0 Å². The average Bonchev–Trinajstić information content (AvgIpc) is 1.86. The number of hydrogen-bond acceptors (Lipinski definition) is 3. The van der Waals surface area contributed by atoms with E-state index in [1.165, 1.54) is 7.11 Å². The molecule has 3 heteroatoms. The molecule has 0 amide bonds. The second kappa shape index (κ2) is 4.00. The Bertz CT molecular complexity index is 138. The molecule has 0 fully saturated rings. The van der Waals surface area contributed by atoms with E-state index in [4.69, 9.17) is 0 Å². The Morgan fingerprint density at radius 1 is 1.55 bits per heavy atom. The van der Waals surface area contributed by atoms with Gasteiger partial charge in [-0.2, -0.15) is 12.6 Å². The van der Waals surface area contributed by atoms with Crippen LogP contribution in [0.4, 0.5) is 0 Å². The molecular weight excluding hydrogens is 160 g/mol. The number of rotatable bonds is 2. The monoisotopic (exact) mass is 176 g/mol. The summed E-state index contributed by atoms with van der Waals surface area (Å²) >= 11 is 4.10. The van der Waals surface area contributed by atoms with Crippen molar-refractivity contribution in [2.24, 2.45) is 11.3 Å². The van der Waals surface area contributed by atoms with Crippen LogP contribution in [-0.4, -0.2) is 18.8 Å². The maximum absolute atomic E-state index is 11.1. The molecule has 0 aliphatic heterocycles. The van der Waals surface area contributed by atoms with Gasteiger partial charge in [-0.3, -0.25) is 4.79 Å². The van der Waals surface area contributed by atoms with Gasteiger partial charge in [0.2, 0.25) is 0 Å². The van der Waals surface area contributed by atoms with Gasteiger partial charge in [-0.15, -0.1) is 0 Å². The quantitative estimate of drug-likeness (QED) is 0.512. The van der Waals surface area contributed by atoms with Crippen LogP contribution in [0, 0.1) is 11.3 Å². The first-order valence-corrected chi connectivity index (χ1v) is 4.25. The van der Waals surface area contributed by atoms with Crippen molar-refractivity contribution in [2.75, 3.05) is 12.9 Å². The SMILES string of the molecule is COC(=O)C(CS)C(C)(C)C. The topological polar surface area (TPSA) is 26.3 Å². The maximum Gasteiger partial charge on any atom is 0.310 e. The zero-order valence-corrected chi connectivity index (χ0v) is 8.44. The molecule has 0 aromatic heterocycles. The molecule has 1 atom stereocenters. The van der Waals surface area contributed by atoms with E-state index in [0.717, 1.165) is 0 Å². The van der Waals surface area contributed by atoms with Gasteiger partial charge < -0.3 is 4.74 Å². The molecule has 0 saturated carbocycles. The first kappa shape index (κ1) is 10.8. The van der Waals surface area contributed by atoms with Crippen molar-refractivity contribution >= 4 is 18.6 Å². The standard InChI is InChI=1S/C8H16O2S/c1-8(2,3)6(5-11)7(9)10-4/h6,11H,5H2,1-4H3. The molecule has 1 unspecified atom stereocenters. The lowest BCUT2D eigenvalue weighted by molar-refractivity contribution is -0.148. The molecule has 2 nitrogen and oxygen atoms in total. The molecule has 66 valence electrons. The molecule has 0 rings (SSSR count). The second-order valence-corrected chi connectivity index (χ2v) is 3.99. The van der Waals surface area contributed by atoms with Crippen LogP contribution in [0.3, 0.4) is 0 Å². The molecular formula is C8H16O2S. The lowest BCUT2D eigenvalue weighted by atomic mass is 9.82. The van der Waals surface area contributed by atoms with Crippen molar-refractivity contribution in [2.45, 2.75) is 20.8 Å². The minimum Gasteiger partial charge on any atom is -0.469 e. The number of methoxy groups -OCH3 is 1. The van der Waals surface area contributed by atoms with E-state index in [1.807, 2.05) is 20.8 Å². The third kappa shape index (κ3) is 3.14. The summed E-state index contributed by atoms with van der Waals surface area (Å²) in [5, 5.41) is 0. The lowest BCUT2D eigenvalue weighted by Gasteiger charge is -2.26. The highest BCUT2D eigenvalue weighted by Gasteiger charge is 2.30. The van der Waals surface area contributed by atoms with E-state index in [9.17, 15) is 4.79 Å². The van der Waals surface area contributed by atoms with Crippen molar-refractivity contribution < 1.29 is 9.53 Å². The molecule has 0 aromatic rings. The molecule has 0 radical (unpaired) electrons. The molecule has 0 aliphatic rings. The molecule has 0 aromatic carbocycles. The zero-order chi connectivity index (χ0) is 9.07. The Morgan fingerprint density at radius 3 is 2.09 bits per heavy atom. The number of thiol groups is 1. The number of carbonyl (C=O) groups is 1. The first-order valence-electron chi connectivity index (χ1n) is 3.62. The van der Waals surface area contributed by atoms with Gasteiger partial charge in [0.05, 0.1) is 13.0 Å². The van der Waals surface area contributed by atoms with Gasteiger partial charge in [-0.05, 0) is 5.41 Å². The van der Waals surface area contributed by atoms with Crippen LogP contribution in [0.25, 0.3) is 0 Å². The van der Waals surface area contributed by atoms with E-state index in [1.54, 1.807) is 0 Å². The fraction of sp³-hybridized carbons (Fsp3) is 0.875. The Labute approximate surface area is 73.7 Å². The van der Waals surface area contributed by atoms with Crippen molar-refractivity contribution in [1.29, 1.82) is 0 Å². The Kier molecular flexibility index (Phi) is 3.93. The Balaban J connectivity index is 4.29. The first-order chi connectivity index (χ1) is 4.93. The highest BCUT2D eigenvalue weighted by molar-refractivity contribution is 7.80. The van der Waals surface area contributed by atoms with E-state index in [2.05, 4.69) is 17.4 Å².